The molecule has 0 aromatic heterocycles. The molecule has 0 unspecified atom stereocenters. The molecule has 0 aliphatic heterocycles. The fraction of sp³-hybridized carbons (Fsp3) is 0.867. The van der Waals surface area contributed by atoms with E-state index in [2.05, 4.69) is 6.92 Å². The van der Waals surface area contributed by atoms with Gasteiger partial charge in [0.15, 0.2) is 0 Å². The fourth-order valence-corrected chi connectivity index (χ4v) is 2.38. The maximum atomic E-state index is 11.7. The highest BCUT2D eigenvalue weighted by Crippen LogP contribution is 2.21. The SMILES string of the molecule is CCCCCCN([C@@H](CCC(=O)O)C(N)=O)C(C)(C)C. The molecule has 3 N–H and O–H groups in total. The number of aliphatic carboxylic acids is 1. The largest absolute Gasteiger partial charge is 0.481 e. The van der Waals surface area contributed by atoms with Gasteiger partial charge in [-0.15, -0.1) is 0 Å². The molecule has 0 saturated carbocycles. The van der Waals surface area contributed by atoms with Crippen LogP contribution in [0.4, 0.5) is 0 Å². The van der Waals surface area contributed by atoms with Crippen LogP contribution in [0.2, 0.25) is 0 Å². The zero-order valence-corrected chi connectivity index (χ0v) is 13.3. The molecule has 118 valence electrons. The topological polar surface area (TPSA) is 83.6 Å². The molecule has 0 rings (SSSR count). The van der Waals surface area contributed by atoms with E-state index in [-0.39, 0.29) is 18.4 Å². The molecule has 0 fully saturated rings. The molecule has 0 aromatic rings. The minimum Gasteiger partial charge on any atom is -0.481 e. The van der Waals surface area contributed by atoms with Gasteiger partial charge in [0.2, 0.25) is 5.91 Å². The summed E-state index contributed by atoms with van der Waals surface area (Å²) in [5, 5.41) is 8.80. The Balaban J connectivity index is 4.75. The van der Waals surface area contributed by atoms with E-state index in [9.17, 15) is 9.59 Å². The summed E-state index contributed by atoms with van der Waals surface area (Å²) in [4.78, 5) is 24.5. The zero-order valence-electron chi connectivity index (χ0n) is 13.3. The lowest BCUT2D eigenvalue weighted by Gasteiger charge is -2.40. The number of unbranched alkanes of at least 4 members (excludes halogenated alkanes) is 3. The number of carbonyl (C=O) groups is 2. The van der Waals surface area contributed by atoms with Gasteiger partial charge in [0.1, 0.15) is 0 Å². The van der Waals surface area contributed by atoms with Gasteiger partial charge in [0.05, 0.1) is 6.04 Å². The van der Waals surface area contributed by atoms with Gasteiger partial charge in [0, 0.05) is 12.0 Å². The van der Waals surface area contributed by atoms with Gasteiger partial charge in [-0.2, -0.15) is 0 Å². The van der Waals surface area contributed by atoms with E-state index in [4.69, 9.17) is 10.8 Å². The number of nitrogens with two attached hydrogens (primary N) is 1. The first-order valence-corrected chi connectivity index (χ1v) is 7.48. The van der Waals surface area contributed by atoms with Crippen molar-refractivity contribution in [1.29, 1.82) is 0 Å². The van der Waals surface area contributed by atoms with Gasteiger partial charge in [-0.1, -0.05) is 26.2 Å². The molecular formula is C15H30N2O3. The van der Waals surface area contributed by atoms with Gasteiger partial charge in [0.25, 0.3) is 0 Å². The summed E-state index contributed by atoms with van der Waals surface area (Å²) in [5.74, 6) is -1.33. The van der Waals surface area contributed by atoms with E-state index in [0.29, 0.717) is 0 Å². The van der Waals surface area contributed by atoms with Gasteiger partial charge in [-0.05, 0) is 40.2 Å². The highest BCUT2D eigenvalue weighted by molar-refractivity contribution is 5.80. The fourth-order valence-electron chi connectivity index (χ4n) is 2.38. The predicted molar refractivity (Wildman–Crippen MR) is 80.5 cm³/mol. The maximum absolute atomic E-state index is 11.7. The normalized spacial score (nSPS) is 13.4. The van der Waals surface area contributed by atoms with Crippen LogP contribution in [0.3, 0.4) is 0 Å². The molecule has 5 heteroatoms. The van der Waals surface area contributed by atoms with Crippen LogP contribution in [0.1, 0.15) is 66.2 Å². The smallest absolute Gasteiger partial charge is 0.303 e. The molecule has 0 aromatic carbocycles. The number of carboxylic acids is 1. The molecule has 0 radical (unpaired) electrons. The quantitative estimate of drug-likeness (QED) is 0.604. The number of nitrogens with zero attached hydrogens (tertiary/aromatic N) is 1. The third kappa shape index (κ3) is 7.48. The summed E-state index contributed by atoms with van der Waals surface area (Å²) < 4.78 is 0. The monoisotopic (exact) mass is 286 g/mol. The summed E-state index contributed by atoms with van der Waals surface area (Å²) in [6, 6.07) is -0.507. The molecule has 0 heterocycles. The van der Waals surface area contributed by atoms with E-state index in [1.165, 1.54) is 6.42 Å². The summed E-state index contributed by atoms with van der Waals surface area (Å²) in [6.07, 6.45) is 4.70. The lowest BCUT2D eigenvalue weighted by molar-refractivity contribution is -0.138. The van der Waals surface area contributed by atoms with Crippen molar-refractivity contribution in [2.75, 3.05) is 6.54 Å². The minimum atomic E-state index is -0.893. The van der Waals surface area contributed by atoms with Crippen LogP contribution >= 0.6 is 0 Å². The van der Waals surface area contributed by atoms with E-state index in [1.807, 2.05) is 25.7 Å². The van der Waals surface area contributed by atoms with Crippen LogP contribution in [0.15, 0.2) is 0 Å². The zero-order chi connectivity index (χ0) is 15.8. The Morgan fingerprint density at radius 3 is 2.20 bits per heavy atom. The highest BCUT2D eigenvalue weighted by atomic mass is 16.4. The standard InChI is InChI=1S/C15H30N2O3/c1-5-6-7-8-11-17(15(2,3)4)12(14(16)20)9-10-13(18)19/h12H,5-11H2,1-4H3,(H2,16,20)(H,18,19)/t12-/m0/s1. The van der Waals surface area contributed by atoms with Crippen molar-refractivity contribution in [3.8, 4) is 0 Å². The van der Waals surface area contributed by atoms with Crippen LogP contribution in [-0.2, 0) is 9.59 Å². The van der Waals surface area contributed by atoms with E-state index in [1.54, 1.807) is 0 Å². The van der Waals surface area contributed by atoms with Gasteiger partial charge < -0.3 is 10.8 Å². The van der Waals surface area contributed by atoms with Gasteiger partial charge in [-0.3, -0.25) is 14.5 Å². The number of amides is 1. The summed E-state index contributed by atoms with van der Waals surface area (Å²) >= 11 is 0. The van der Waals surface area contributed by atoms with Crippen LogP contribution in [0.25, 0.3) is 0 Å². The number of primary amides is 1. The third-order valence-electron chi connectivity index (χ3n) is 3.45. The predicted octanol–water partition coefficient (Wildman–Crippen LogP) is 2.39. The van der Waals surface area contributed by atoms with Crippen molar-refractivity contribution in [3.63, 3.8) is 0 Å². The van der Waals surface area contributed by atoms with Crippen LogP contribution in [-0.4, -0.2) is 40.0 Å². The Morgan fingerprint density at radius 2 is 1.80 bits per heavy atom. The number of carboxylic acid groups (broad SMARTS) is 1. The summed E-state index contributed by atoms with van der Waals surface area (Å²) in [5.41, 5.74) is 5.27. The van der Waals surface area contributed by atoms with Crippen molar-refractivity contribution >= 4 is 11.9 Å². The molecule has 0 bridgehead atoms. The Kier molecular flexibility index (Phi) is 8.46. The van der Waals surface area contributed by atoms with E-state index >= 15 is 0 Å². The van der Waals surface area contributed by atoms with Gasteiger partial charge >= 0.3 is 5.97 Å². The molecule has 1 amide bonds. The average Bonchev–Trinajstić information content (AvgIpc) is 2.29. The second-order valence-corrected chi connectivity index (χ2v) is 6.28. The second-order valence-electron chi connectivity index (χ2n) is 6.28. The third-order valence-corrected chi connectivity index (χ3v) is 3.45. The number of hydrogen-bond acceptors (Lipinski definition) is 3. The summed E-state index contributed by atoms with van der Waals surface area (Å²) in [6.45, 7) is 9.02. The molecule has 0 spiro atoms. The molecule has 20 heavy (non-hydrogen) atoms. The Morgan fingerprint density at radius 1 is 1.20 bits per heavy atom. The van der Waals surface area contributed by atoms with E-state index in [0.717, 1.165) is 25.8 Å². The number of carbonyl (C=O) groups excluding carboxylic acids is 1. The van der Waals surface area contributed by atoms with Crippen molar-refractivity contribution in [2.45, 2.75) is 77.8 Å². The van der Waals surface area contributed by atoms with Crippen molar-refractivity contribution < 1.29 is 14.7 Å². The number of rotatable bonds is 10. The Labute approximate surface area is 122 Å². The van der Waals surface area contributed by atoms with Crippen molar-refractivity contribution in [2.24, 2.45) is 5.73 Å². The van der Waals surface area contributed by atoms with Crippen LogP contribution in [0.5, 0.6) is 0 Å². The average molecular weight is 286 g/mol. The highest BCUT2D eigenvalue weighted by Gasteiger charge is 2.32. The lowest BCUT2D eigenvalue weighted by Crippen LogP contribution is -2.54. The van der Waals surface area contributed by atoms with Crippen LogP contribution < -0.4 is 5.73 Å². The van der Waals surface area contributed by atoms with Crippen molar-refractivity contribution in [1.82, 2.24) is 4.90 Å². The second kappa shape index (κ2) is 8.95. The summed E-state index contributed by atoms with van der Waals surface area (Å²) in [7, 11) is 0. The number of hydrogen-bond donors (Lipinski definition) is 2. The molecular weight excluding hydrogens is 256 g/mol. The molecule has 0 aliphatic carbocycles. The first-order chi connectivity index (χ1) is 9.20. The first kappa shape index (κ1) is 18.9. The van der Waals surface area contributed by atoms with Gasteiger partial charge in [-0.25, -0.2) is 0 Å². The lowest BCUT2D eigenvalue weighted by atomic mass is 9.98. The molecule has 5 nitrogen and oxygen atoms in total. The van der Waals surface area contributed by atoms with Crippen molar-refractivity contribution in [3.05, 3.63) is 0 Å². The Bertz CT molecular complexity index is 311. The molecule has 0 aliphatic rings. The van der Waals surface area contributed by atoms with Crippen LogP contribution in [0, 0.1) is 0 Å². The molecule has 0 saturated heterocycles. The molecule has 1 atom stereocenters. The first-order valence-electron chi connectivity index (χ1n) is 7.48. The maximum Gasteiger partial charge on any atom is 0.303 e. The minimum absolute atomic E-state index is 0.0326. The van der Waals surface area contributed by atoms with E-state index < -0.39 is 17.9 Å². The Hall–Kier alpha value is -1.10.